The third-order valence-electron chi connectivity index (χ3n) is 4.52. The molecule has 1 rings (SSSR count). The molecule has 0 spiro atoms. The van der Waals surface area contributed by atoms with Crippen LogP contribution in [0.25, 0.3) is 0 Å². The van der Waals surface area contributed by atoms with Gasteiger partial charge in [-0.3, -0.25) is 9.59 Å². The van der Waals surface area contributed by atoms with Crippen LogP contribution in [0, 0.1) is 5.92 Å². The van der Waals surface area contributed by atoms with E-state index in [9.17, 15) is 9.59 Å². The second-order valence-corrected chi connectivity index (χ2v) is 12.8. The molecule has 1 aliphatic rings. The summed E-state index contributed by atoms with van der Waals surface area (Å²) < 4.78 is 6.29. The number of carboxylic acid groups (broad SMARTS) is 1. The summed E-state index contributed by atoms with van der Waals surface area (Å²) >= 11 is 1.51. The van der Waals surface area contributed by atoms with E-state index in [1.165, 1.54) is 16.7 Å². The number of hydrogen-bond acceptors (Lipinski definition) is 4. The first-order chi connectivity index (χ1) is 9.42. The van der Waals surface area contributed by atoms with Crippen LogP contribution in [-0.2, 0) is 14.0 Å². The molecule has 0 bridgehead atoms. The van der Waals surface area contributed by atoms with Gasteiger partial charge >= 0.3 is 5.97 Å². The highest BCUT2D eigenvalue weighted by atomic mass is 32.2. The normalized spacial score (nSPS) is 24.7. The average Bonchev–Trinajstić information content (AvgIpc) is 2.29. The first-order valence-electron chi connectivity index (χ1n) is 7.15. The number of β-lactam (4-membered cyclic amide) rings is 1. The fraction of sp³-hybridized carbons (Fsp3) is 0.857. The van der Waals surface area contributed by atoms with Crippen LogP contribution >= 0.6 is 11.8 Å². The Morgan fingerprint density at radius 2 is 2.00 bits per heavy atom. The van der Waals surface area contributed by atoms with E-state index < -0.39 is 14.3 Å². The van der Waals surface area contributed by atoms with Gasteiger partial charge in [-0.25, -0.2) is 0 Å². The average molecular weight is 334 g/mol. The molecule has 21 heavy (non-hydrogen) atoms. The summed E-state index contributed by atoms with van der Waals surface area (Å²) in [7, 11) is -1.94. The van der Waals surface area contributed by atoms with Gasteiger partial charge in [0.05, 0.1) is 17.4 Å². The minimum Gasteiger partial charge on any atom is -0.480 e. The molecule has 1 fully saturated rings. The van der Waals surface area contributed by atoms with Gasteiger partial charge in [0, 0.05) is 0 Å². The number of carbonyl (C=O) groups is 2. The summed E-state index contributed by atoms with van der Waals surface area (Å²) in [6, 6.07) is 0. The number of amides is 1. The maximum atomic E-state index is 12.2. The van der Waals surface area contributed by atoms with Crippen molar-refractivity contribution >= 4 is 32.0 Å². The van der Waals surface area contributed by atoms with E-state index in [1.54, 1.807) is 0 Å². The molecule has 7 heteroatoms. The molecule has 1 aliphatic heterocycles. The Kier molecular flexibility index (Phi) is 5.55. The first kappa shape index (κ1) is 18.5. The van der Waals surface area contributed by atoms with Crippen LogP contribution in [-0.4, -0.2) is 54.5 Å². The third-order valence-corrected chi connectivity index (χ3v) is 10.1. The lowest BCUT2D eigenvalue weighted by Crippen LogP contribution is -2.65. The molecular formula is C14H27NO4SSi. The molecule has 0 aromatic carbocycles. The Morgan fingerprint density at radius 1 is 1.48 bits per heavy atom. The van der Waals surface area contributed by atoms with Crippen LogP contribution in [0.5, 0.6) is 0 Å². The van der Waals surface area contributed by atoms with Crippen LogP contribution in [0.3, 0.4) is 0 Å². The van der Waals surface area contributed by atoms with Gasteiger partial charge in [-0.15, -0.1) is 11.8 Å². The summed E-state index contributed by atoms with van der Waals surface area (Å²) in [6.07, 6.45) is 1.72. The van der Waals surface area contributed by atoms with Crippen molar-refractivity contribution in [3.05, 3.63) is 0 Å². The van der Waals surface area contributed by atoms with E-state index in [0.717, 1.165) is 0 Å². The van der Waals surface area contributed by atoms with E-state index >= 15 is 0 Å². The number of thioether (sulfide) groups is 1. The largest absolute Gasteiger partial charge is 0.480 e. The third kappa shape index (κ3) is 3.81. The van der Waals surface area contributed by atoms with E-state index in [0.29, 0.717) is 0 Å². The molecule has 0 radical (unpaired) electrons. The predicted molar refractivity (Wildman–Crippen MR) is 87.9 cm³/mol. The number of rotatable bonds is 6. The number of hydrogen-bond donors (Lipinski definition) is 1. The number of nitrogens with zero attached hydrogens (tertiary/aromatic N) is 1. The van der Waals surface area contributed by atoms with Gasteiger partial charge in [-0.2, -0.15) is 0 Å². The minimum atomic E-state index is -1.94. The molecule has 0 aliphatic carbocycles. The van der Waals surface area contributed by atoms with Crippen molar-refractivity contribution in [1.29, 1.82) is 0 Å². The van der Waals surface area contributed by atoms with E-state index in [1.807, 2.05) is 13.2 Å². The van der Waals surface area contributed by atoms with Gasteiger partial charge in [0.25, 0.3) is 0 Å². The Labute approximate surface area is 132 Å². The molecule has 5 nitrogen and oxygen atoms in total. The molecule has 1 heterocycles. The van der Waals surface area contributed by atoms with Gasteiger partial charge < -0.3 is 14.4 Å². The predicted octanol–water partition coefficient (Wildman–Crippen LogP) is 2.63. The van der Waals surface area contributed by atoms with Crippen LogP contribution in [0.4, 0.5) is 0 Å². The van der Waals surface area contributed by atoms with Crippen molar-refractivity contribution in [2.45, 2.75) is 57.3 Å². The first-order valence-corrected chi connectivity index (χ1v) is 11.3. The summed E-state index contributed by atoms with van der Waals surface area (Å²) in [5.41, 5.74) is 0. The molecule has 0 aromatic rings. The molecule has 1 N–H and O–H groups in total. The molecule has 1 amide bonds. The zero-order valence-electron chi connectivity index (χ0n) is 14.0. The quantitative estimate of drug-likeness (QED) is 0.598. The van der Waals surface area contributed by atoms with Gasteiger partial charge in [0.15, 0.2) is 8.32 Å². The van der Waals surface area contributed by atoms with Crippen LogP contribution in [0.15, 0.2) is 0 Å². The van der Waals surface area contributed by atoms with Crippen molar-refractivity contribution in [3.63, 3.8) is 0 Å². The number of carboxylic acids is 1. The summed E-state index contributed by atoms with van der Waals surface area (Å²) in [6.45, 7) is 12.5. The molecule has 1 saturated heterocycles. The standard InChI is InChI=1S/C14H27NO4SSi/c1-9(19-21(6,7)14(2,3)4)11-12(18)15(8-10(16)17)13(11)20-5/h9,11,13H,8H2,1-7H3,(H,16,17)/t9-,11+,13-/m1/s1. The summed E-state index contributed by atoms with van der Waals surface area (Å²) in [5, 5.41) is 8.85. The minimum absolute atomic E-state index is 0.0870. The topological polar surface area (TPSA) is 66.8 Å². The van der Waals surface area contributed by atoms with E-state index in [4.69, 9.17) is 9.53 Å². The summed E-state index contributed by atoms with van der Waals surface area (Å²) in [4.78, 5) is 24.5. The second kappa shape index (κ2) is 6.30. The Morgan fingerprint density at radius 3 is 2.38 bits per heavy atom. The summed E-state index contributed by atoms with van der Waals surface area (Å²) in [5.74, 6) is -1.32. The van der Waals surface area contributed by atoms with Crippen LogP contribution in [0.2, 0.25) is 18.1 Å². The van der Waals surface area contributed by atoms with E-state index in [2.05, 4.69) is 33.9 Å². The fourth-order valence-electron chi connectivity index (χ4n) is 2.29. The van der Waals surface area contributed by atoms with Gasteiger partial charge in [-0.05, 0) is 31.3 Å². The zero-order chi connectivity index (χ0) is 16.6. The fourth-order valence-corrected chi connectivity index (χ4v) is 4.78. The number of aliphatic carboxylic acids is 1. The van der Waals surface area contributed by atoms with E-state index in [-0.39, 0.29) is 34.9 Å². The molecule has 0 aromatic heterocycles. The lowest BCUT2D eigenvalue weighted by Gasteiger charge is -2.50. The van der Waals surface area contributed by atoms with Gasteiger partial charge in [0.2, 0.25) is 5.91 Å². The smallest absolute Gasteiger partial charge is 0.323 e. The maximum Gasteiger partial charge on any atom is 0.323 e. The van der Waals surface area contributed by atoms with Crippen molar-refractivity contribution < 1.29 is 19.1 Å². The Hall–Kier alpha value is -0.533. The molecular weight excluding hydrogens is 306 g/mol. The number of carbonyl (C=O) groups excluding carboxylic acids is 1. The van der Waals surface area contributed by atoms with Crippen molar-refractivity contribution in [2.75, 3.05) is 12.8 Å². The van der Waals surface area contributed by atoms with Crippen molar-refractivity contribution in [2.24, 2.45) is 5.92 Å². The Balaban J connectivity index is 2.78. The van der Waals surface area contributed by atoms with Crippen LogP contribution in [0.1, 0.15) is 27.7 Å². The highest BCUT2D eigenvalue weighted by Gasteiger charge is 2.52. The Bertz CT molecular complexity index is 422. The molecule has 122 valence electrons. The monoisotopic (exact) mass is 333 g/mol. The van der Waals surface area contributed by atoms with Crippen LogP contribution < -0.4 is 0 Å². The zero-order valence-corrected chi connectivity index (χ0v) is 15.8. The molecule has 0 saturated carbocycles. The van der Waals surface area contributed by atoms with Crippen molar-refractivity contribution in [1.82, 2.24) is 4.90 Å². The lowest BCUT2D eigenvalue weighted by molar-refractivity contribution is -0.162. The molecule has 3 atom stereocenters. The maximum absolute atomic E-state index is 12.2. The highest BCUT2D eigenvalue weighted by Crippen LogP contribution is 2.42. The second-order valence-electron chi connectivity index (χ2n) is 7.10. The van der Waals surface area contributed by atoms with Gasteiger partial charge in [-0.1, -0.05) is 20.8 Å². The number of likely N-dealkylation sites (tertiary alicyclic amines) is 1. The van der Waals surface area contributed by atoms with Crippen molar-refractivity contribution in [3.8, 4) is 0 Å². The highest BCUT2D eigenvalue weighted by molar-refractivity contribution is 7.99. The lowest BCUT2D eigenvalue weighted by atomic mass is 9.93. The molecule has 0 unspecified atom stereocenters. The SMILES string of the molecule is CS[C@@H]1[C@@H]([C@@H](C)O[Si](C)(C)C(C)(C)C)C(=O)N1CC(=O)O. The van der Waals surface area contributed by atoms with Gasteiger partial charge in [0.1, 0.15) is 6.54 Å².